The molecule has 6 amide bonds. The summed E-state index contributed by atoms with van der Waals surface area (Å²) in [4.78, 5) is 92.6. The van der Waals surface area contributed by atoms with Crippen LogP contribution in [0.2, 0.25) is 0 Å². The zero-order valence-electron chi connectivity index (χ0n) is 44.8. The fourth-order valence-electron chi connectivity index (χ4n) is 10.7. The lowest BCUT2D eigenvalue weighted by molar-refractivity contribution is -0.143. The van der Waals surface area contributed by atoms with Gasteiger partial charge < -0.3 is 46.4 Å². The Hall–Kier alpha value is -6.71. The summed E-state index contributed by atoms with van der Waals surface area (Å²) in [6, 6.07) is 16.9. The number of likely N-dealkylation sites (N-methyl/N-ethyl adjacent to an activating group) is 1. The van der Waals surface area contributed by atoms with Crippen molar-refractivity contribution in [1.29, 1.82) is 0 Å². The highest BCUT2D eigenvalue weighted by Gasteiger charge is 2.48. The molecule has 2 fully saturated rings. The standard InChI is InChI=1S/C57H71F3N10O7/c1-8-33(2)50(65-53(73)36(5)61-7)55(75)69-28-39-15-18-41(24-43(39)52(69)54(74)66-51-45(59)10-9-11-46(51)60)64-48(71)26-63-56(76)57(6)32-70(47-23-38(14-19-44(47)57)22-37-12-16-40(58)17-13-37)49(72)30-68-27-34(3)62-25-42(68)29-67-20-21-77-31-35(67)4/h9-19,23-24,33-36,42,50,52,61-62H,8,20-22,25-32H2,1-7H3,(H,63,76)(H,64,71)(H,65,73)(H,66,74)/t33-,34+,35+,36-,42+,50-,52-,57?/m0/s1. The highest BCUT2D eigenvalue weighted by atomic mass is 19.1. The van der Waals surface area contributed by atoms with Crippen LogP contribution in [0.3, 0.4) is 0 Å². The molecule has 0 radical (unpaired) electrons. The molecule has 17 nitrogen and oxygen atoms in total. The molecule has 8 atom stereocenters. The Balaban J connectivity index is 1.01. The van der Waals surface area contributed by atoms with Crippen LogP contribution in [0.15, 0.2) is 78.9 Å². The van der Waals surface area contributed by atoms with Gasteiger partial charge in [-0.3, -0.25) is 38.6 Å². The second-order valence-electron chi connectivity index (χ2n) is 21.3. The third-order valence-corrected chi connectivity index (χ3v) is 15.7. The molecule has 8 rings (SSSR count). The number of carbonyl (C=O) groups excluding carboxylic acids is 6. The molecule has 4 aliphatic heterocycles. The Kier molecular flexibility index (Phi) is 17.8. The van der Waals surface area contributed by atoms with E-state index in [4.69, 9.17) is 4.74 Å². The SMILES string of the molecule is CC[C@H](C)[C@H](NC(=O)[C@H](C)NC)C(=O)N1Cc2ccc(NC(=O)CNC(=O)C3(C)CN(C(=O)CN4C[C@@H](C)NC[C@@H]4CN4CCOC[C@H]4C)c4cc(Cc5ccc(F)cc5)ccc43)cc2[C@H]1C(=O)Nc1c(F)cccc1F. The topological polar surface area (TPSA) is 197 Å². The lowest BCUT2D eigenvalue weighted by Crippen LogP contribution is -2.62. The van der Waals surface area contributed by atoms with Gasteiger partial charge in [-0.05, 0) is 117 Å². The largest absolute Gasteiger partial charge is 0.379 e. The number of fused-ring (bicyclic) bond motifs is 2. The maximum atomic E-state index is 15.0. The number of carbonyl (C=O) groups is 6. The van der Waals surface area contributed by atoms with Crippen molar-refractivity contribution >= 4 is 52.5 Å². The van der Waals surface area contributed by atoms with Crippen LogP contribution in [0.5, 0.6) is 0 Å². The molecule has 6 N–H and O–H groups in total. The molecule has 0 aliphatic carbocycles. The van der Waals surface area contributed by atoms with Crippen LogP contribution >= 0.6 is 0 Å². The number of piperazine rings is 1. The van der Waals surface area contributed by atoms with Gasteiger partial charge in [0.15, 0.2) is 0 Å². The molecule has 4 aromatic rings. The molecule has 4 aromatic carbocycles. The highest BCUT2D eigenvalue weighted by molar-refractivity contribution is 6.05. The molecular formula is C57H71F3N10O7. The Morgan fingerprint density at radius 3 is 2.32 bits per heavy atom. The maximum absolute atomic E-state index is 15.0. The molecule has 0 aromatic heterocycles. The molecule has 4 heterocycles. The predicted octanol–water partition coefficient (Wildman–Crippen LogP) is 4.60. The molecule has 2 saturated heterocycles. The van der Waals surface area contributed by atoms with Gasteiger partial charge in [-0.1, -0.05) is 56.7 Å². The number of hydrogen-bond donors (Lipinski definition) is 6. The minimum Gasteiger partial charge on any atom is -0.379 e. The second kappa shape index (κ2) is 24.3. The van der Waals surface area contributed by atoms with Gasteiger partial charge in [0.1, 0.15) is 35.2 Å². The van der Waals surface area contributed by atoms with Gasteiger partial charge in [0.25, 0.3) is 5.91 Å². The lowest BCUT2D eigenvalue weighted by Gasteiger charge is -2.43. The van der Waals surface area contributed by atoms with Gasteiger partial charge in [0, 0.05) is 68.8 Å². The van der Waals surface area contributed by atoms with Crippen molar-refractivity contribution in [2.45, 2.75) is 103 Å². The second-order valence-corrected chi connectivity index (χ2v) is 21.3. The number of ether oxygens (including phenoxy) is 1. The van der Waals surface area contributed by atoms with E-state index in [1.165, 1.54) is 23.1 Å². The van der Waals surface area contributed by atoms with Crippen LogP contribution in [-0.4, -0.2) is 146 Å². The molecule has 1 unspecified atom stereocenters. The van der Waals surface area contributed by atoms with E-state index < -0.39 is 76.9 Å². The molecule has 412 valence electrons. The third-order valence-electron chi connectivity index (χ3n) is 15.7. The van der Waals surface area contributed by atoms with Crippen molar-refractivity contribution in [1.82, 2.24) is 36.0 Å². The first-order valence-electron chi connectivity index (χ1n) is 26.5. The number of benzene rings is 4. The number of nitrogens with one attached hydrogen (secondary N) is 6. The first-order valence-corrected chi connectivity index (χ1v) is 26.5. The van der Waals surface area contributed by atoms with Crippen LogP contribution in [-0.2, 0) is 51.9 Å². The Morgan fingerprint density at radius 2 is 1.62 bits per heavy atom. The molecule has 4 aliphatic rings. The van der Waals surface area contributed by atoms with Crippen LogP contribution in [0, 0.1) is 23.4 Å². The molecule has 0 spiro atoms. The van der Waals surface area contributed by atoms with Crippen molar-refractivity contribution in [2.75, 3.05) is 81.6 Å². The first-order chi connectivity index (χ1) is 36.8. The number of morpholine rings is 1. The van der Waals surface area contributed by atoms with E-state index in [9.17, 15) is 41.9 Å². The maximum Gasteiger partial charge on any atom is 0.252 e. The van der Waals surface area contributed by atoms with Crippen LogP contribution in [0.1, 0.15) is 81.8 Å². The van der Waals surface area contributed by atoms with Crippen LogP contribution in [0.25, 0.3) is 0 Å². The number of anilines is 3. The molecule has 0 saturated carbocycles. The zero-order chi connectivity index (χ0) is 55.3. The van der Waals surface area contributed by atoms with Crippen molar-refractivity contribution in [3.05, 3.63) is 124 Å². The zero-order valence-corrected chi connectivity index (χ0v) is 44.8. The number of halogens is 3. The lowest BCUT2D eigenvalue weighted by atomic mass is 9.83. The Bertz CT molecular complexity index is 2840. The summed E-state index contributed by atoms with van der Waals surface area (Å²) in [6.07, 6.45) is 0.941. The van der Waals surface area contributed by atoms with Crippen LogP contribution in [0.4, 0.5) is 30.2 Å². The smallest absolute Gasteiger partial charge is 0.252 e. The van der Waals surface area contributed by atoms with E-state index in [2.05, 4.69) is 55.5 Å². The van der Waals surface area contributed by atoms with E-state index in [1.807, 2.05) is 25.1 Å². The van der Waals surface area contributed by atoms with Gasteiger partial charge in [0.2, 0.25) is 29.5 Å². The van der Waals surface area contributed by atoms with Crippen LogP contribution < -0.4 is 36.8 Å². The Morgan fingerprint density at radius 1 is 0.896 bits per heavy atom. The number of amides is 6. The third kappa shape index (κ3) is 12.7. The van der Waals surface area contributed by atoms with Gasteiger partial charge in [-0.15, -0.1) is 0 Å². The fraction of sp³-hybridized carbons (Fsp3) is 0.474. The summed E-state index contributed by atoms with van der Waals surface area (Å²) in [5.74, 6) is -6.07. The van der Waals surface area contributed by atoms with E-state index in [1.54, 1.807) is 57.0 Å². The quantitative estimate of drug-likeness (QED) is 0.0816. The normalized spacial score (nSPS) is 22.6. The molecule has 77 heavy (non-hydrogen) atoms. The van der Waals surface area contributed by atoms with E-state index in [0.29, 0.717) is 56.0 Å². The summed E-state index contributed by atoms with van der Waals surface area (Å²) in [7, 11) is 1.60. The average Bonchev–Trinajstić information content (AvgIpc) is 4.08. The first kappa shape index (κ1) is 56.5. The molecule has 20 heteroatoms. The average molecular weight is 1070 g/mol. The fourth-order valence-corrected chi connectivity index (χ4v) is 10.7. The van der Waals surface area contributed by atoms with Crippen molar-refractivity contribution in [3.8, 4) is 0 Å². The number of nitrogens with zero attached hydrogens (tertiary/aromatic N) is 4. The minimum absolute atomic E-state index is 0.00219. The minimum atomic E-state index is -1.45. The van der Waals surface area contributed by atoms with Crippen molar-refractivity contribution in [2.24, 2.45) is 5.92 Å². The molecular weight excluding hydrogens is 994 g/mol. The summed E-state index contributed by atoms with van der Waals surface area (Å²) >= 11 is 0. The number of rotatable bonds is 18. The summed E-state index contributed by atoms with van der Waals surface area (Å²) < 4.78 is 49.5. The van der Waals surface area contributed by atoms with Crippen molar-refractivity contribution in [3.63, 3.8) is 0 Å². The summed E-state index contributed by atoms with van der Waals surface area (Å²) in [5, 5.41) is 17.2. The van der Waals surface area contributed by atoms with Crippen molar-refractivity contribution < 1.29 is 46.7 Å². The van der Waals surface area contributed by atoms with Gasteiger partial charge >= 0.3 is 0 Å². The van der Waals surface area contributed by atoms with Gasteiger partial charge in [-0.2, -0.15) is 0 Å². The summed E-state index contributed by atoms with van der Waals surface area (Å²) in [6.45, 7) is 15.0. The van der Waals surface area contributed by atoms with E-state index in [0.717, 1.165) is 42.4 Å². The monoisotopic (exact) mass is 1060 g/mol. The van der Waals surface area contributed by atoms with E-state index in [-0.39, 0.29) is 66.7 Å². The number of hydrogen-bond acceptors (Lipinski definition) is 11. The van der Waals surface area contributed by atoms with E-state index >= 15 is 0 Å². The number of para-hydroxylation sites is 1. The molecule has 0 bridgehead atoms. The summed E-state index contributed by atoms with van der Waals surface area (Å²) in [5.41, 5.74) is 1.88. The van der Waals surface area contributed by atoms with Gasteiger partial charge in [-0.25, -0.2) is 13.2 Å². The highest BCUT2D eigenvalue weighted by Crippen LogP contribution is 2.43. The Labute approximate surface area is 448 Å². The van der Waals surface area contributed by atoms with Gasteiger partial charge in [0.05, 0.1) is 37.8 Å². The predicted molar refractivity (Wildman–Crippen MR) is 286 cm³/mol.